The maximum Gasteiger partial charge on any atom is 0.143 e. The largest absolute Gasteiger partial charge is 0.455 e. The predicted octanol–water partition coefficient (Wildman–Crippen LogP) is 20.4. The van der Waals surface area contributed by atoms with Gasteiger partial charge >= 0.3 is 0 Å². The molecule has 16 aromatic rings. The van der Waals surface area contributed by atoms with E-state index in [4.69, 9.17) is 8.83 Å². The van der Waals surface area contributed by atoms with Crippen LogP contribution in [0.5, 0.6) is 0 Å². The van der Waals surface area contributed by atoms with Crippen LogP contribution in [0.25, 0.3) is 159 Å². The zero-order valence-corrected chi connectivity index (χ0v) is 40.6. The van der Waals surface area contributed by atoms with Crippen molar-refractivity contribution in [2.45, 2.75) is 0 Å². The van der Waals surface area contributed by atoms with E-state index in [0.29, 0.717) is 0 Å². The summed E-state index contributed by atoms with van der Waals surface area (Å²) in [5.41, 5.74) is 18.0. The highest BCUT2D eigenvalue weighted by atomic mass is 16.3. The molecule has 0 aliphatic carbocycles. The molecule has 3 heteroatoms. The van der Waals surface area contributed by atoms with E-state index < -0.39 is 0 Å². The minimum absolute atomic E-state index is 0.886. The van der Waals surface area contributed by atoms with Crippen molar-refractivity contribution in [1.29, 1.82) is 0 Å². The molecular weight excluding hydrogens is 911 g/mol. The third-order valence-corrected chi connectivity index (χ3v) is 15.8. The minimum Gasteiger partial charge on any atom is -0.455 e. The number of benzene rings is 13. The summed E-state index contributed by atoms with van der Waals surface area (Å²) in [6.07, 6.45) is 0. The number of aromatic nitrogens is 1. The molecule has 3 heterocycles. The zero-order chi connectivity index (χ0) is 49.1. The number of furan rings is 2. The molecule has 0 saturated carbocycles. The van der Waals surface area contributed by atoms with Gasteiger partial charge in [-0.2, -0.15) is 0 Å². The summed E-state index contributed by atoms with van der Waals surface area (Å²) in [5, 5.41) is 14.4. The molecule has 0 aliphatic rings. The maximum absolute atomic E-state index is 6.97. The number of fused-ring (bicyclic) bond motifs is 15. The van der Waals surface area contributed by atoms with Crippen LogP contribution in [-0.2, 0) is 0 Å². The molecular formula is C72H43NO2. The van der Waals surface area contributed by atoms with E-state index in [2.05, 4.69) is 265 Å². The van der Waals surface area contributed by atoms with Crippen molar-refractivity contribution in [1.82, 2.24) is 4.57 Å². The highest BCUT2D eigenvalue weighted by Crippen LogP contribution is 2.45. The second-order valence-electron chi connectivity index (χ2n) is 19.9. The second kappa shape index (κ2) is 16.3. The molecule has 0 bridgehead atoms. The number of para-hydroxylation sites is 4. The highest BCUT2D eigenvalue weighted by molar-refractivity contribution is 6.26. The molecule has 3 nitrogen and oxygen atoms in total. The van der Waals surface area contributed by atoms with Crippen molar-refractivity contribution in [2.24, 2.45) is 0 Å². The van der Waals surface area contributed by atoms with E-state index in [-0.39, 0.29) is 0 Å². The van der Waals surface area contributed by atoms with E-state index in [1.165, 1.54) is 43.4 Å². The maximum atomic E-state index is 6.97. The van der Waals surface area contributed by atoms with Gasteiger partial charge in [-0.3, -0.25) is 0 Å². The first-order valence-electron chi connectivity index (χ1n) is 25.7. The number of hydrogen-bond donors (Lipinski definition) is 0. The van der Waals surface area contributed by atoms with Crippen molar-refractivity contribution in [2.75, 3.05) is 0 Å². The standard InChI is InChI=1S/C72H43NO2/c1-3-15-45(16-4-1)51-23-11-27-60-62-29-13-25-53(71(62)74-69(51)60)48-34-39-67-65(42-48)66-43-49(54-26-14-30-63-61-28-12-24-52(70(61)75-72(54)63)46-17-5-2-6-18-46)35-40-68(66)73(67)50-36-31-44(32-37-50)47-33-38-59-57-21-8-7-19-55(57)56-20-9-10-22-58(56)64(59)41-47/h1-43H. The summed E-state index contributed by atoms with van der Waals surface area (Å²) in [6.45, 7) is 0. The monoisotopic (exact) mass is 953 g/mol. The molecule has 16 rings (SSSR count). The van der Waals surface area contributed by atoms with Crippen molar-refractivity contribution < 1.29 is 8.83 Å². The lowest BCUT2D eigenvalue weighted by Crippen LogP contribution is -1.94. The summed E-state index contributed by atoms with van der Waals surface area (Å²) >= 11 is 0. The van der Waals surface area contributed by atoms with Crippen molar-refractivity contribution in [3.63, 3.8) is 0 Å². The molecule has 0 unspecified atom stereocenters. The van der Waals surface area contributed by atoms with E-state index >= 15 is 0 Å². The molecule has 0 aliphatic heterocycles. The molecule has 75 heavy (non-hydrogen) atoms. The van der Waals surface area contributed by atoms with Gasteiger partial charge in [0.05, 0.1) is 11.0 Å². The second-order valence-corrected chi connectivity index (χ2v) is 19.9. The Morgan fingerprint density at radius 2 is 0.533 bits per heavy atom. The van der Waals surface area contributed by atoms with Gasteiger partial charge in [0.1, 0.15) is 22.3 Å². The Hall–Kier alpha value is -9.96. The fraction of sp³-hybridized carbons (Fsp3) is 0. The van der Waals surface area contributed by atoms with Crippen LogP contribution in [0.2, 0.25) is 0 Å². The van der Waals surface area contributed by atoms with Gasteiger partial charge in [0.25, 0.3) is 0 Å². The molecule has 0 atom stereocenters. The van der Waals surface area contributed by atoms with Crippen molar-refractivity contribution in [3.8, 4) is 61.3 Å². The Bertz CT molecular complexity index is 4730. The summed E-state index contributed by atoms with van der Waals surface area (Å²) in [5.74, 6) is 0. The van der Waals surface area contributed by atoms with Crippen molar-refractivity contribution >= 4 is 98.0 Å². The van der Waals surface area contributed by atoms with E-state index in [9.17, 15) is 0 Å². The molecule has 348 valence electrons. The molecule has 0 amide bonds. The Kier molecular flexibility index (Phi) is 9.04. The Balaban J connectivity index is 0.879. The Morgan fingerprint density at radius 1 is 0.200 bits per heavy atom. The van der Waals surface area contributed by atoms with Crippen LogP contribution in [0.15, 0.2) is 270 Å². The first-order valence-corrected chi connectivity index (χ1v) is 25.7. The van der Waals surface area contributed by atoms with Gasteiger partial charge in [0.2, 0.25) is 0 Å². The summed E-state index contributed by atoms with van der Waals surface area (Å²) in [7, 11) is 0. The normalized spacial score (nSPS) is 12.0. The molecule has 0 spiro atoms. The number of hydrogen-bond acceptors (Lipinski definition) is 2. The Morgan fingerprint density at radius 3 is 0.973 bits per heavy atom. The summed E-state index contributed by atoms with van der Waals surface area (Å²) in [4.78, 5) is 0. The van der Waals surface area contributed by atoms with Gasteiger partial charge in [-0.25, -0.2) is 0 Å². The van der Waals surface area contributed by atoms with Crippen LogP contribution in [0.4, 0.5) is 0 Å². The lowest BCUT2D eigenvalue weighted by atomic mass is 9.92. The SMILES string of the molecule is c1ccc(-c2cccc3c2oc2c(-c4ccc5c(c4)c4cc(-c6cccc7c6oc6c(-c8ccccc8)cccc67)ccc4n5-c4ccc(-c5ccc6c7ccccc7c7ccccc7c6c5)cc4)cccc23)cc1. The summed E-state index contributed by atoms with van der Waals surface area (Å²) in [6, 6.07) is 94.5. The van der Waals surface area contributed by atoms with Gasteiger partial charge in [-0.15, -0.1) is 0 Å². The van der Waals surface area contributed by atoms with Crippen LogP contribution < -0.4 is 0 Å². The summed E-state index contributed by atoms with van der Waals surface area (Å²) < 4.78 is 16.4. The quantitative estimate of drug-likeness (QED) is 0.156. The van der Waals surface area contributed by atoms with Gasteiger partial charge in [-0.05, 0) is 108 Å². The lowest BCUT2D eigenvalue weighted by Gasteiger charge is -2.13. The fourth-order valence-corrected chi connectivity index (χ4v) is 12.3. The van der Waals surface area contributed by atoms with Crippen LogP contribution in [0.1, 0.15) is 0 Å². The third-order valence-electron chi connectivity index (χ3n) is 15.8. The van der Waals surface area contributed by atoms with Gasteiger partial charge in [0.15, 0.2) is 0 Å². The minimum atomic E-state index is 0.886. The first kappa shape index (κ1) is 41.6. The Labute approximate surface area is 431 Å². The average Bonchev–Trinajstić information content (AvgIpc) is 4.18. The van der Waals surface area contributed by atoms with Crippen LogP contribution in [0, 0.1) is 0 Å². The number of nitrogens with zero attached hydrogens (tertiary/aromatic N) is 1. The molecule has 3 aromatic heterocycles. The van der Waals surface area contributed by atoms with Crippen LogP contribution in [-0.4, -0.2) is 4.57 Å². The number of rotatable bonds is 6. The molecule has 0 fully saturated rings. The molecule has 0 N–H and O–H groups in total. The third kappa shape index (κ3) is 6.35. The van der Waals surface area contributed by atoms with Crippen LogP contribution >= 0.6 is 0 Å². The fourth-order valence-electron chi connectivity index (χ4n) is 12.3. The van der Waals surface area contributed by atoms with E-state index in [1.54, 1.807) is 0 Å². The molecule has 0 radical (unpaired) electrons. The highest BCUT2D eigenvalue weighted by Gasteiger charge is 2.21. The average molecular weight is 954 g/mol. The van der Waals surface area contributed by atoms with E-state index in [1.807, 2.05) is 0 Å². The smallest absolute Gasteiger partial charge is 0.143 e. The predicted molar refractivity (Wildman–Crippen MR) is 315 cm³/mol. The zero-order valence-electron chi connectivity index (χ0n) is 40.6. The first-order chi connectivity index (χ1) is 37.2. The van der Waals surface area contributed by atoms with Gasteiger partial charge < -0.3 is 13.4 Å². The van der Waals surface area contributed by atoms with Crippen LogP contribution in [0.3, 0.4) is 0 Å². The van der Waals surface area contributed by atoms with Gasteiger partial charge in [0, 0.05) is 60.3 Å². The topological polar surface area (TPSA) is 31.2 Å². The molecule has 13 aromatic carbocycles. The lowest BCUT2D eigenvalue weighted by molar-refractivity contribution is 0.670. The van der Waals surface area contributed by atoms with E-state index in [0.717, 1.165) is 116 Å². The van der Waals surface area contributed by atoms with Crippen molar-refractivity contribution in [3.05, 3.63) is 261 Å². The molecule has 0 saturated heterocycles. The van der Waals surface area contributed by atoms with Gasteiger partial charge in [-0.1, -0.05) is 218 Å².